The minimum absolute atomic E-state index is 0.212. The first kappa shape index (κ1) is 16.4. The number of nitrogens with zero attached hydrogens (tertiary/aromatic N) is 2. The maximum absolute atomic E-state index is 9.44. The zero-order chi connectivity index (χ0) is 18.6. The van der Waals surface area contributed by atoms with Gasteiger partial charge in [-0.1, -0.05) is 18.2 Å². The molecular weight excluding hydrogens is 336 g/mol. The molecule has 0 radical (unpaired) electrons. The lowest BCUT2D eigenvalue weighted by Crippen LogP contribution is -1.99. The summed E-state index contributed by atoms with van der Waals surface area (Å²) >= 11 is 0. The summed E-state index contributed by atoms with van der Waals surface area (Å²) in [6, 6.07) is 25.0. The third kappa shape index (κ3) is 3.37. The highest BCUT2D eigenvalue weighted by atomic mass is 16.5. The molecule has 0 aliphatic carbocycles. The number of rotatable bonds is 4. The molecule has 0 aliphatic heterocycles. The number of anilines is 1. The van der Waals surface area contributed by atoms with Crippen LogP contribution in [0.5, 0.6) is 11.5 Å². The van der Waals surface area contributed by atoms with Crippen molar-refractivity contribution in [1.29, 1.82) is 5.26 Å². The van der Waals surface area contributed by atoms with E-state index in [1.54, 1.807) is 0 Å². The fraction of sp³-hybridized carbons (Fsp3) is 0. The van der Waals surface area contributed by atoms with Gasteiger partial charge in [-0.15, -0.1) is 0 Å². The van der Waals surface area contributed by atoms with Gasteiger partial charge in [-0.05, 0) is 54.6 Å². The Bertz CT molecular complexity index is 1100. The zero-order valence-electron chi connectivity index (χ0n) is 14.4. The van der Waals surface area contributed by atoms with Gasteiger partial charge in [0.15, 0.2) is 0 Å². The van der Waals surface area contributed by atoms with E-state index in [0.29, 0.717) is 11.3 Å². The fourth-order valence-corrected chi connectivity index (χ4v) is 2.86. The van der Waals surface area contributed by atoms with Crippen LogP contribution in [-0.4, -0.2) is 9.97 Å². The predicted molar refractivity (Wildman–Crippen MR) is 105 cm³/mol. The van der Waals surface area contributed by atoms with Gasteiger partial charge in [0.05, 0.1) is 5.69 Å². The summed E-state index contributed by atoms with van der Waals surface area (Å²) in [4.78, 5) is 7.52. The molecule has 0 bridgehead atoms. The van der Waals surface area contributed by atoms with E-state index in [4.69, 9.17) is 10.5 Å². The number of benzene rings is 2. The van der Waals surface area contributed by atoms with Crippen molar-refractivity contribution in [1.82, 2.24) is 9.97 Å². The van der Waals surface area contributed by atoms with E-state index >= 15 is 0 Å². The van der Waals surface area contributed by atoms with Gasteiger partial charge in [-0.25, -0.2) is 4.98 Å². The van der Waals surface area contributed by atoms with Crippen molar-refractivity contribution in [2.24, 2.45) is 0 Å². The second kappa shape index (κ2) is 7.06. The highest BCUT2D eigenvalue weighted by Crippen LogP contribution is 2.31. The highest BCUT2D eigenvalue weighted by Gasteiger charge is 2.14. The van der Waals surface area contributed by atoms with Gasteiger partial charge < -0.3 is 15.5 Å². The summed E-state index contributed by atoms with van der Waals surface area (Å²) < 4.78 is 5.82. The molecule has 0 saturated heterocycles. The summed E-state index contributed by atoms with van der Waals surface area (Å²) in [5.74, 6) is 1.72. The van der Waals surface area contributed by atoms with Crippen LogP contribution in [0.25, 0.3) is 22.5 Å². The number of pyridine rings is 1. The van der Waals surface area contributed by atoms with Crippen molar-refractivity contribution in [3.05, 3.63) is 84.6 Å². The largest absolute Gasteiger partial charge is 0.457 e. The maximum atomic E-state index is 9.44. The lowest BCUT2D eigenvalue weighted by molar-refractivity contribution is 0.483. The van der Waals surface area contributed by atoms with Gasteiger partial charge in [-0.2, -0.15) is 5.26 Å². The molecule has 0 unspecified atom stereocenters. The molecule has 130 valence electrons. The van der Waals surface area contributed by atoms with Gasteiger partial charge in [0.1, 0.15) is 28.9 Å². The summed E-state index contributed by atoms with van der Waals surface area (Å²) in [5.41, 5.74) is 9.54. The molecule has 3 N–H and O–H groups in total. The minimum Gasteiger partial charge on any atom is -0.457 e. The standard InChI is InChI=1S/C22H16N4O/c23-14-19-18(20-7-4-12-25-20)13-21(26-22(19)24)15-8-10-17(11-9-15)27-16-5-2-1-3-6-16/h1-13,25H,(H2,24,26). The van der Waals surface area contributed by atoms with Gasteiger partial charge >= 0.3 is 0 Å². The summed E-state index contributed by atoms with van der Waals surface area (Å²) in [5, 5.41) is 9.44. The van der Waals surface area contributed by atoms with E-state index in [1.807, 2.05) is 79.0 Å². The molecule has 0 saturated carbocycles. The number of nitrogens with one attached hydrogen (secondary N) is 1. The molecule has 27 heavy (non-hydrogen) atoms. The smallest absolute Gasteiger partial charge is 0.142 e. The van der Waals surface area contributed by atoms with Crippen molar-refractivity contribution in [3.63, 3.8) is 0 Å². The average molecular weight is 352 g/mol. The van der Waals surface area contributed by atoms with Crippen LogP contribution < -0.4 is 10.5 Å². The number of nitrogens with two attached hydrogens (primary N) is 1. The van der Waals surface area contributed by atoms with Crippen molar-refractivity contribution >= 4 is 5.82 Å². The molecule has 0 spiro atoms. The minimum atomic E-state index is 0.212. The first-order chi connectivity index (χ1) is 13.2. The SMILES string of the molecule is N#Cc1c(-c2ccc[nH]2)cc(-c2ccc(Oc3ccccc3)cc2)nc1N. The molecule has 0 fully saturated rings. The highest BCUT2D eigenvalue weighted by molar-refractivity contribution is 5.78. The Hall–Kier alpha value is -4.04. The monoisotopic (exact) mass is 352 g/mol. The molecule has 4 aromatic rings. The van der Waals surface area contributed by atoms with Gasteiger partial charge in [0.2, 0.25) is 0 Å². The summed E-state index contributed by atoms with van der Waals surface area (Å²) in [7, 11) is 0. The van der Waals surface area contributed by atoms with Crippen LogP contribution >= 0.6 is 0 Å². The van der Waals surface area contributed by atoms with Gasteiger partial charge in [-0.3, -0.25) is 0 Å². The van der Waals surface area contributed by atoms with Crippen LogP contribution in [-0.2, 0) is 0 Å². The molecule has 5 nitrogen and oxygen atoms in total. The fourth-order valence-electron chi connectivity index (χ4n) is 2.86. The number of ether oxygens (including phenoxy) is 1. The summed E-state index contributed by atoms with van der Waals surface area (Å²) in [6.45, 7) is 0. The number of hydrogen-bond donors (Lipinski definition) is 2. The first-order valence-electron chi connectivity index (χ1n) is 8.42. The molecule has 4 rings (SSSR count). The molecule has 0 aliphatic rings. The maximum Gasteiger partial charge on any atom is 0.142 e. The second-order valence-corrected chi connectivity index (χ2v) is 5.95. The lowest BCUT2D eigenvalue weighted by Gasteiger charge is -2.10. The number of nitrogen functional groups attached to an aromatic ring is 1. The molecule has 0 amide bonds. The van der Waals surface area contributed by atoms with E-state index in [-0.39, 0.29) is 5.82 Å². The predicted octanol–water partition coefficient (Wildman–Crippen LogP) is 4.99. The first-order valence-corrected chi connectivity index (χ1v) is 8.42. The van der Waals surface area contributed by atoms with Crippen LogP contribution in [0.2, 0.25) is 0 Å². The molecule has 2 heterocycles. The van der Waals surface area contributed by atoms with E-state index in [9.17, 15) is 5.26 Å². The van der Waals surface area contributed by atoms with Crippen LogP contribution in [0.3, 0.4) is 0 Å². The van der Waals surface area contributed by atoms with Crippen LogP contribution in [0.15, 0.2) is 79.0 Å². The molecule has 2 aromatic carbocycles. The van der Waals surface area contributed by atoms with Crippen molar-refractivity contribution in [2.45, 2.75) is 0 Å². The zero-order valence-corrected chi connectivity index (χ0v) is 14.4. The Morgan fingerprint density at radius 2 is 1.67 bits per heavy atom. The number of hydrogen-bond acceptors (Lipinski definition) is 4. The Balaban J connectivity index is 1.68. The van der Waals surface area contributed by atoms with E-state index in [0.717, 1.165) is 28.3 Å². The molecule has 2 aromatic heterocycles. The number of aromatic amines is 1. The molecule has 0 atom stereocenters. The summed E-state index contributed by atoms with van der Waals surface area (Å²) in [6.07, 6.45) is 1.81. The van der Waals surface area contributed by atoms with Crippen molar-refractivity contribution in [2.75, 3.05) is 5.73 Å². The van der Waals surface area contributed by atoms with Gasteiger partial charge in [0.25, 0.3) is 0 Å². The second-order valence-electron chi connectivity index (χ2n) is 5.95. The van der Waals surface area contributed by atoms with Crippen molar-refractivity contribution in [3.8, 4) is 40.1 Å². The average Bonchev–Trinajstić information content (AvgIpc) is 3.23. The van der Waals surface area contributed by atoms with Gasteiger partial charge in [0, 0.05) is 23.0 Å². The normalized spacial score (nSPS) is 10.3. The Morgan fingerprint density at radius 3 is 2.33 bits per heavy atom. The van der Waals surface area contributed by atoms with Crippen LogP contribution in [0.1, 0.15) is 5.56 Å². The van der Waals surface area contributed by atoms with E-state index < -0.39 is 0 Å². The third-order valence-electron chi connectivity index (χ3n) is 4.18. The van der Waals surface area contributed by atoms with E-state index in [2.05, 4.69) is 16.0 Å². The Kier molecular flexibility index (Phi) is 4.30. The van der Waals surface area contributed by atoms with Crippen LogP contribution in [0.4, 0.5) is 5.82 Å². The quantitative estimate of drug-likeness (QED) is 0.541. The number of nitriles is 1. The Labute approximate surface area is 156 Å². The third-order valence-corrected chi connectivity index (χ3v) is 4.18. The van der Waals surface area contributed by atoms with E-state index in [1.165, 1.54) is 0 Å². The molecule has 5 heteroatoms. The van der Waals surface area contributed by atoms with Crippen LogP contribution in [0, 0.1) is 11.3 Å². The Morgan fingerprint density at radius 1 is 0.926 bits per heavy atom. The number of aromatic nitrogens is 2. The lowest BCUT2D eigenvalue weighted by atomic mass is 10.0. The number of H-pyrrole nitrogens is 1. The molecular formula is C22H16N4O. The number of para-hydroxylation sites is 1. The topological polar surface area (TPSA) is 87.7 Å². The van der Waals surface area contributed by atoms with Crippen molar-refractivity contribution < 1.29 is 4.74 Å².